The van der Waals surface area contributed by atoms with Crippen molar-refractivity contribution in [1.82, 2.24) is 4.90 Å². The van der Waals surface area contributed by atoms with Gasteiger partial charge >= 0.3 is 0 Å². The van der Waals surface area contributed by atoms with Crippen molar-refractivity contribution in [3.8, 4) is 0 Å². The van der Waals surface area contributed by atoms with E-state index in [9.17, 15) is 5.11 Å². The molecule has 4 heteroatoms. The summed E-state index contributed by atoms with van der Waals surface area (Å²) in [4.78, 5) is 3.94. The monoisotopic (exact) mass is 317 g/mol. The van der Waals surface area contributed by atoms with Gasteiger partial charge in [0.2, 0.25) is 0 Å². The minimum absolute atomic E-state index is 0.188. The Bertz CT molecular complexity index is 353. The Labute approximate surface area is 116 Å². The van der Waals surface area contributed by atoms with Crippen molar-refractivity contribution in [2.45, 2.75) is 51.3 Å². The number of rotatable bonds is 4. The van der Waals surface area contributed by atoms with E-state index < -0.39 is 0 Å². The van der Waals surface area contributed by atoms with E-state index in [-0.39, 0.29) is 6.10 Å². The van der Waals surface area contributed by atoms with Crippen molar-refractivity contribution < 1.29 is 5.11 Å². The van der Waals surface area contributed by atoms with Crippen LogP contribution in [-0.4, -0.2) is 28.7 Å². The van der Waals surface area contributed by atoms with Gasteiger partial charge in [0.1, 0.15) is 0 Å². The average Bonchev–Trinajstić information content (AvgIpc) is 2.67. The van der Waals surface area contributed by atoms with Crippen LogP contribution < -0.4 is 0 Å². The first kappa shape index (κ1) is 13.5. The molecule has 2 heterocycles. The maximum Gasteiger partial charge on any atom is 0.0527 e. The lowest BCUT2D eigenvalue weighted by atomic mass is 9.97. The van der Waals surface area contributed by atoms with E-state index in [1.165, 1.54) is 35.2 Å². The molecule has 0 aliphatic carbocycles. The number of thiophene rings is 1. The van der Waals surface area contributed by atoms with Crippen molar-refractivity contribution in [3.63, 3.8) is 0 Å². The molecule has 1 aromatic heterocycles. The molecular weight excluding hydrogens is 298 g/mol. The topological polar surface area (TPSA) is 23.5 Å². The predicted octanol–water partition coefficient (Wildman–Crippen LogP) is 3.64. The fourth-order valence-corrected chi connectivity index (χ4v) is 4.05. The first-order valence-corrected chi connectivity index (χ1v) is 7.98. The molecule has 0 aromatic carbocycles. The smallest absolute Gasteiger partial charge is 0.0527 e. The highest BCUT2D eigenvalue weighted by atomic mass is 79.9. The quantitative estimate of drug-likeness (QED) is 0.916. The number of nitrogens with zero attached hydrogens (tertiary/aromatic N) is 1. The van der Waals surface area contributed by atoms with E-state index >= 15 is 0 Å². The van der Waals surface area contributed by atoms with Gasteiger partial charge in [-0.15, -0.1) is 11.3 Å². The Balaban J connectivity index is 1.99. The summed E-state index contributed by atoms with van der Waals surface area (Å²) in [5.74, 6) is 0. The molecule has 96 valence electrons. The lowest BCUT2D eigenvalue weighted by molar-refractivity contribution is 0.0824. The van der Waals surface area contributed by atoms with Crippen LogP contribution in [0.15, 0.2) is 15.9 Å². The van der Waals surface area contributed by atoms with Gasteiger partial charge in [0.05, 0.1) is 6.10 Å². The Hall–Kier alpha value is 0.100. The number of likely N-dealkylation sites (tertiary alicyclic amines) is 1. The van der Waals surface area contributed by atoms with Gasteiger partial charge in [-0.25, -0.2) is 0 Å². The second-order valence-electron chi connectivity index (χ2n) is 4.90. The summed E-state index contributed by atoms with van der Waals surface area (Å²) in [6, 6.07) is 2.67. The summed E-state index contributed by atoms with van der Waals surface area (Å²) >= 11 is 5.41. The second kappa shape index (κ2) is 6.32. The lowest BCUT2D eigenvalue weighted by Crippen LogP contribution is -2.40. The van der Waals surface area contributed by atoms with E-state index in [4.69, 9.17) is 0 Å². The zero-order valence-corrected chi connectivity index (χ0v) is 12.6. The summed E-state index contributed by atoms with van der Waals surface area (Å²) in [5.41, 5.74) is 0. The molecule has 2 atom stereocenters. The fourth-order valence-electron chi connectivity index (χ4n) is 2.55. The molecule has 1 fully saturated rings. The highest BCUT2D eigenvalue weighted by Crippen LogP contribution is 2.28. The van der Waals surface area contributed by atoms with Crippen LogP contribution in [-0.2, 0) is 6.54 Å². The molecule has 0 spiro atoms. The average molecular weight is 318 g/mol. The van der Waals surface area contributed by atoms with E-state index in [2.05, 4.69) is 32.3 Å². The largest absolute Gasteiger partial charge is 0.393 e. The van der Waals surface area contributed by atoms with Crippen molar-refractivity contribution >= 4 is 27.3 Å². The first-order chi connectivity index (χ1) is 8.16. The number of hydrogen-bond acceptors (Lipinski definition) is 3. The molecule has 2 unspecified atom stereocenters. The molecular formula is C13H20BrNOS. The van der Waals surface area contributed by atoms with Gasteiger partial charge in [0, 0.05) is 21.9 Å². The molecule has 0 saturated carbocycles. The molecule has 0 amide bonds. The van der Waals surface area contributed by atoms with Crippen LogP contribution in [0.25, 0.3) is 0 Å². The van der Waals surface area contributed by atoms with Gasteiger partial charge < -0.3 is 5.11 Å². The minimum atomic E-state index is -0.188. The SMILES string of the molecule is CC(O)CC1CCCCN1Cc1sccc1Br. The molecule has 2 rings (SSSR count). The van der Waals surface area contributed by atoms with Crippen molar-refractivity contribution in [3.05, 3.63) is 20.8 Å². The summed E-state index contributed by atoms with van der Waals surface area (Å²) < 4.78 is 1.23. The summed E-state index contributed by atoms with van der Waals surface area (Å²) in [6.07, 6.45) is 4.54. The van der Waals surface area contributed by atoms with Crippen LogP contribution in [0.3, 0.4) is 0 Å². The van der Waals surface area contributed by atoms with E-state index in [1.807, 2.05) is 18.3 Å². The van der Waals surface area contributed by atoms with Crippen molar-refractivity contribution in [2.24, 2.45) is 0 Å². The number of hydrogen-bond donors (Lipinski definition) is 1. The second-order valence-corrected chi connectivity index (χ2v) is 6.75. The fraction of sp³-hybridized carbons (Fsp3) is 0.692. The Morgan fingerprint density at radius 1 is 1.59 bits per heavy atom. The highest BCUT2D eigenvalue weighted by Gasteiger charge is 2.24. The van der Waals surface area contributed by atoms with E-state index in [1.54, 1.807) is 0 Å². The maximum absolute atomic E-state index is 9.57. The summed E-state index contributed by atoms with van der Waals surface area (Å²) in [7, 11) is 0. The number of piperidine rings is 1. The predicted molar refractivity (Wildman–Crippen MR) is 76.4 cm³/mol. The Morgan fingerprint density at radius 2 is 2.41 bits per heavy atom. The van der Waals surface area contributed by atoms with Gasteiger partial charge in [-0.1, -0.05) is 6.42 Å². The first-order valence-electron chi connectivity index (χ1n) is 6.31. The Morgan fingerprint density at radius 3 is 3.06 bits per heavy atom. The van der Waals surface area contributed by atoms with Gasteiger partial charge in [-0.3, -0.25) is 4.90 Å². The molecule has 2 nitrogen and oxygen atoms in total. The third kappa shape index (κ3) is 3.78. The molecule has 0 bridgehead atoms. The standard InChI is InChI=1S/C13H20BrNOS/c1-10(16)8-11-4-2-3-6-15(11)9-13-12(14)5-7-17-13/h5,7,10-11,16H,2-4,6,8-9H2,1H3. The molecule has 1 N–H and O–H groups in total. The molecule has 1 aliphatic rings. The number of aliphatic hydroxyl groups is 1. The minimum Gasteiger partial charge on any atom is -0.393 e. The number of halogens is 1. The molecule has 17 heavy (non-hydrogen) atoms. The van der Waals surface area contributed by atoms with Crippen LogP contribution in [0.1, 0.15) is 37.5 Å². The van der Waals surface area contributed by atoms with Gasteiger partial charge in [0.15, 0.2) is 0 Å². The third-order valence-electron chi connectivity index (χ3n) is 3.40. The number of aliphatic hydroxyl groups excluding tert-OH is 1. The van der Waals surface area contributed by atoms with Crippen LogP contribution in [0.4, 0.5) is 0 Å². The van der Waals surface area contributed by atoms with Crippen LogP contribution in [0.5, 0.6) is 0 Å². The van der Waals surface area contributed by atoms with Crippen LogP contribution in [0, 0.1) is 0 Å². The zero-order valence-electron chi connectivity index (χ0n) is 10.2. The van der Waals surface area contributed by atoms with Crippen LogP contribution in [0.2, 0.25) is 0 Å². The third-order valence-corrected chi connectivity index (χ3v) is 5.31. The van der Waals surface area contributed by atoms with E-state index in [0.29, 0.717) is 6.04 Å². The summed E-state index contributed by atoms with van der Waals surface area (Å²) in [6.45, 7) is 4.09. The van der Waals surface area contributed by atoms with Crippen molar-refractivity contribution in [2.75, 3.05) is 6.54 Å². The Kier molecular flexibility index (Phi) is 5.03. The molecule has 1 aliphatic heterocycles. The lowest BCUT2D eigenvalue weighted by Gasteiger charge is -2.36. The van der Waals surface area contributed by atoms with Gasteiger partial charge in [0.25, 0.3) is 0 Å². The molecule has 0 radical (unpaired) electrons. The van der Waals surface area contributed by atoms with Gasteiger partial charge in [-0.05, 0) is 60.1 Å². The normalized spacial score (nSPS) is 23.8. The maximum atomic E-state index is 9.57. The molecule has 1 aromatic rings. The zero-order chi connectivity index (χ0) is 12.3. The van der Waals surface area contributed by atoms with Crippen molar-refractivity contribution in [1.29, 1.82) is 0 Å². The summed E-state index contributed by atoms with van der Waals surface area (Å²) in [5, 5.41) is 11.7. The van der Waals surface area contributed by atoms with E-state index in [0.717, 1.165) is 13.0 Å². The molecule has 1 saturated heterocycles. The highest BCUT2D eigenvalue weighted by molar-refractivity contribution is 9.10. The van der Waals surface area contributed by atoms with Crippen LogP contribution >= 0.6 is 27.3 Å². The van der Waals surface area contributed by atoms with Gasteiger partial charge in [-0.2, -0.15) is 0 Å².